The molecule has 1 amide bonds. The number of unbranched alkanes of at least 4 members (excludes halogenated alkanes) is 1. The highest BCUT2D eigenvalue weighted by Gasteiger charge is 2.46. The number of carbonyl (C=O) groups excluding carboxylic acids is 2. The number of non-ortho nitro benzene ring substituents is 1. The summed E-state index contributed by atoms with van der Waals surface area (Å²) in [5.74, 6) is -1.10. The van der Waals surface area contributed by atoms with Gasteiger partial charge in [-0.2, -0.15) is 0 Å². The third kappa shape index (κ3) is 5.68. The summed E-state index contributed by atoms with van der Waals surface area (Å²) >= 11 is 0. The molecule has 1 aliphatic heterocycles. The number of nitro benzene ring substituents is 1. The van der Waals surface area contributed by atoms with Gasteiger partial charge in [-0.3, -0.25) is 19.7 Å². The maximum atomic E-state index is 13.1. The molecule has 0 unspecified atom stereocenters. The summed E-state index contributed by atoms with van der Waals surface area (Å²) in [7, 11) is 3.70. The Hall–Kier alpha value is -3.72. The van der Waals surface area contributed by atoms with Gasteiger partial charge in [-0.25, -0.2) is 0 Å². The number of nitrogens with zero attached hydrogens (tertiary/aromatic N) is 3. The second-order valence-corrected chi connectivity index (χ2v) is 8.83. The van der Waals surface area contributed by atoms with Crippen LogP contribution in [0.5, 0.6) is 5.75 Å². The van der Waals surface area contributed by atoms with E-state index in [-0.39, 0.29) is 23.6 Å². The first-order valence-corrected chi connectivity index (χ1v) is 11.6. The molecule has 1 heterocycles. The summed E-state index contributed by atoms with van der Waals surface area (Å²) < 4.78 is 5.78. The van der Waals surface area contributed by atoms with Crippen molar-refractivity contribution in [2.45, 2.75) is 32.7 Å². The van der Waals surface area contributed by atoms with E-state index in [1.54, 1.807) is 18.2 Å². The van der Waals surface area contributed by atoms with Crippen molar-refractivity contribution in [3.8, 4) is 5.75 Å². The molecule has 0 bridgehead atoms. The number of benzene rings is 2. The molecule has 1 fully saturated rings. The van der Waals surface area contributed by atoms with Crippen molar-refractivity contribution in [1.29, 1.82) is 0 Å². The first-order valence-electron chi connectivity index (χ1n) is 11.6. The van der Waals surface area contributed by atoms with Crippen molar-refractivity contribution >= 4 is 23.1 Å². The SMILES string of the molecule is CCCCOc1ccc(/C(O)=C2\C(=O)C(=O)N(CCN(C)C)[C@@H]2c2ccc([N+](=O)[O-])cc2)cc1C. The minimum Gasteiger partial charge on any atom is -0.507 e. The molecule has 3 rings (SSSR count). The molecule has 1 aliphatic rings. The van der Waals surface area contributed by atoms with Crippen LogP contribution in [-0.4, -0.2) is 65.3 Å². The van der Waals surface area contributed by atoms with E-state index in [0.717, 1.165) is 18.4 Å². The summed E-state index contributed by atoms with van der Waals surface area (Å²) in [6.07, 6.45) is 1.93. The number of ketones is 1. The molecule has 186 valence electrons. The highest BCUT2D eigenvalue weighted by atomic mass is 16.6. The summed E-state index contributed by atoms with van der Waals surface area (Å²) in [5.41, 5.74) is 1.54. The highest BCUT2D eigenvalue weighted by Crippen LogP contribution is 2.40. The number of hydrogen-bond donors (Lipinski definition) is 1. The van der Waals surface area contributed by atoms with Crippen LogP contribution in [0, 0.1) is 17.0 Å². The number of Topliss-reactive ketones (excluding diaryl/α,β-unsaturated/α-hetero) is 1. The van der Waals surface area contributed by atoms with Gasteiger partial charge in [0.15, 0.2) is 0 Å². The predicted molar refractivity (Wildman–Crippen MR) is 132 cm³/mol. The van der Waals surface area contributed by atoms with Crippen LogP contribution in [0.4, 0.5) is 5.69 Å². The fourth-order valence-corrected chi connectivity index (χ4v) is 3.98. The van der Waals surface area contributed by atoms with Gasteiger partial charge in [0, 0.05) is 30.8 Å². The zero-order valence-corrected chi connectivity index (χ0v) is 20.5. The summed E-state index contributed by atoms with van der Waals surface area (Å²) in [4.78, 5) is 40.0. The Morgan fingerprint density at radius 2 is 1.86 bits per heavy atom. The molecule has 0 saturated carbocycles. The van der Waals surface area contributed by atoms with Crippen LogP contribution in [-0.2, 0) is 9.59 Å². The molecule has 35 heavy (non-hydrogen) atoms. The number of aliphatic hydroxyl groups is 1. The maximum absolute atomic E-state index is 13.1. The Balaban J connectivity index is 2.06. The number of likely N-dealkylation sites (N-methyl/N-ethyl adjacent to an activating group) is 1. The minimum absolute atomic E-state index is 0.0401. The van der Waals surface area contributed by atoms with Crippen LogP contribution in [0.3, 0.4) is 0 Å². The molecule has 2 aromatic carbocycles. The lowest BCUT2D eigenvalue weighted by atomic mass is 9.94. The van der Waals surface area contributed by atoms with Crippen LogP contribution in [0.25, 0.3) is 5.76 Å². The lowest BCUT2D eigenvalue weighted by molar-refractivity contribution is -0.384. The number of amides is 1. The Kier molecular flexibility index (Phi) is 8.24. The minimum atomic E-state index is -0.864. The van der Waals surface area contributed by atoms with E-state index in [9.17, 15) is 24.8 Å². The van der Waals surface area contributed by atoms with Crippen LogP contribution >= 0.6 is 0 Å². The van der Waals surface area contributed by atoms with Gasteiger partial charge in [0.1, 0.15) is 11.5 Å². The fourth-order valence-electron chi connectivity index (χ4n) is 3.98. The zero-order chi connectivity index (χ0) is 25.7. The van der Waals surface area contributed by atoms with E-state index >= 15 is 0 Å². The number of carbonyl (C=O) groups is 2. The molecule has 9 heteroatoms. The molecule has 1 saturated heterocycles. The Bertz CT molecular complexity index is 1140. The standard InChI is InChI=1S/C26H31N3O6/c1-5-6-15-35-21-12-9-19(16-17(21)2)24(30)22-23(18-7-10-20(11-8-18)29(33)34)28(14-13-27(3)4)26(32)25(22)31/h7-12,16,23,30H,5-6,13-15H2,1-4H3/b24-22+/t23-/m1/s1. The van der Waals surface area contributed by atoms with Gasteiger partial charge < -0.3 is 19.6 Å². The van der Waals surface area contributed by atoms with E-state index in [4.69, 9.17) is 4.74 Å². The molecule has 0 aromatic heterocycles. The Morgan fingerprint density at radius 3 is 2.43 bits per heavy atom. The normalized spacial score (nSPS) is 17.3. The van der Waals surface area contributed by atoms with E-state index in [0.29, 0.717) is 30.0 Å². The summed E-state index contributed by atoms with van der Waals surface area (Å²) in [6.45, 7) is 5.26. The number of likely N-dealkylation sites (tertiary alicyclic amines) is 1. The third-order valence-electron chi connectivity index (χ3n) is 5.95. The molecule has 1 atom stereocenters. The van der Waals surface area contributed by atoms with Gasteiger partial charge in [0.25, 0.3) is 17.4 Å². The maximum Gasteiger partial charge on any atom is 0.295 e. The lowest BCUT2D eigenvalue weighted by Crippen LogP contribution is -2.35. The average Bonchev–Trinajstić information content (AvgIpc) is 3.08. The van der Waals surface area contributed by atoms with Crippen LogP contribution in [0.15, 0.2) is 48.0 Å². The highest BCUT2D eigenvalue weighted by molar-refractivity contribution is 6.46. The topological polar surface area (TPSA) is 113 Å². The molecule has 0 radical (unpaired) electrons. The van der Waals surface area contributed by atoms with Gasteiger partial charge >= 0.3 is 0 Å². The monoisotopic (exact) mass is 481 g/mol. The lowest BCUT2D eigenvalue weighted by Gasteiger charge is -2.26. The first-order chi connectivity index (χ1) is 16.6. The second-order valence-electron chi connectivity index (χ2n) is 8.83. The number of ether oxygens (including phenoxy) is 1. The molecular weight excluding hydrogens is 450 g/mol. The number of aryl methyl sites for hydroxylation is 1. The fraction of sp³-hybridized carbons (Fsp3) is 0.385. The van der Waals surface area contributed by atoms with Crippen molar-refractivity contribution in [2.75, 3.05) is 33.8 Å². The smallest absolute Gasteiger partial charge is 0.295 e. The van der Waals surface area contributed by atoms with Crippen LogP contribution in [0.2, 0.25) is 0 Å². The third-order valence-corrected chi connectivity index (χ3v) is 5.95. The Morgan fingerprint density at radius 1 is 1.17 bits per heavy atom. The second kappa shape index (κ2) is 11.1. The van der Waals surface area contributed by atoms with E-state index < -0.39 is 22.7 Å². The van der Waals surface area contributed by atoms with Gasteiger partial charge in [-0.1, -0.05) is 13.3 Å². The first kappa shape index (κ1) is 25.9. The predicted octanol–water partition coefficient (Wildman–Crippen LogP) is 4.07. The Labute approximate surface area is 204 Å². The molecule has 9 nitrogen and oxygen atoms in total. The quantitative estimate of drug-likeness (QED) is 0.136. The van der Waals surface area contributed by atoms with Crippen molar-refractivity contribution in [2.24, 2.45) is 0 Å². The van der Waals surface area contributed by atoms with Gasteiger partial charge in [-0.15, -0.1) is 0 Å². The summed E-state index contributed by atoms with van der Waals surface area (Å²) in [6, 6.07) is 9.93. The molecule has 2 aromatic rings. The van der Waals surface area contributed by atoms with Crippen molar-refractivity contribution in [3.63, 3.8) is 0 Å². The molecule has 0 spiro atoms. The number of nitro groups is 1. The number of rotatable bonds is 10. The molecular formula is C26H31N3O6. The number of hydrogen-bond acceptors (Lipinski definition) is 7. The molecule has 0 aliphatic carbocycles. The van der Waals surface area contributed by atoms with Gasteiger partial charge in [0.05, 0.1) is 23.1 Å². The average molecular weight is 482 g/mol. The van der Waals surface area contributed by atoms with E-state index in [1.165, 1.54) is 29.2 Å². The largest absolute Gasteiger partial charge is 0.507 e. The van der Waals surface area contributed by atoms with Gasteiger partial charge in [-0.05, 0) is 68.9 Å². The van der Waals surface area contributed by atoms with Crippen LogP contribution < -0.4 is 4.74 Å². The number of aliphatic hydroxyl groups excluding tert-OH is 1. The van der Waals surface area contributed by atoms with Crippen molar-refractivity contribution in [1.82, 2.24) is 9.80 Å². The summed E-state index contributed by atoms with van der Waals surface area (Å²) in [5, 5.41) is 22.3. The zero-order valence-electron chi connectivity index (χ0n) is 20.5. The van der Waals surface area contributed by atoms with Crippen molar-refractivity contribution < 1.29 is 24.4 Å². The molecule has 1 N–H and O–H groups in total. The van der Waals surface area contributed by atoms with Crippen molar-refractivity contribution in [3.05, 3.63) is 74.8 Å². The van der Waals surface area contributed by atoms with E-state index in [1.807, 2.05) is 25.9 Å². The van der Waals surface area contributed by atoms with Gasteiger partial charge in [0.2, 0.25) is 0 Å². The van der Waals surface area contributed by atoms with E-state index in [2.05, 4.69) is 6.92 Å². The van der Waals surface area contributed by atoms with Crippen LogP contribution in [0.1, 0.15) is 42.5 Å².